The molecule has 2 aromatic heterocycles. The molecule has 0 spiro atoms. The van der Waals surface area contributed by atoms with E-state index in [0.29, 0.717) is 0 Å². The van der Waals surface area contributed by atoms with Crippen LogP contribution in [0.2, 0.25) is 0 Å². The van der Waals surface area contributed by atoms with Gasteiger partial charge in [-0.3, -0.25) is 9.97 Å². The van der Waals surface area contributed by atoms with Crippen molar-refractivity contribution in [2.75, 3.05) is 0 Å². The molecular formula is C16H22N2. The van der Waals surface area contributed by atoms with E-state index in [1.165, 1.54) is 16.7 Å². The van der Waals surface area contributed by atoms with Gasteiger partial charge in [0.1, 0.15) is 0 Å². The summed E-state index contributed by atoms with van der Waals surface area (Å²) in [5.41, 5.74) is 7.26. The van der Waals surface area contributed by atoms with Crippen molar-refractivity contribution in [2.24, 2.45) is 0 Å². The largest absolute Gasteiger partial charge is 0.261 e. The zero-order chi connectivity index (χ0) is 13.7. The normalized spacial score (nSPS) is 9.67. The molecule has 0 atom stereocenters. The smallest absolute Gasteiger partial charge is 0.0404 e. The van der Waals surface area contributed by atoms with Crippen LogP contribution >= 0.6 is 0 Å². The van der Waals surface area contributed by atoms with Gasteiger partial charge in [0.05, 0.1) is 0 Å². The monoisotopic (exact) mass is 242 g/mol. The second-order valence-corrected chi connectivity index (χ2v) is 4.77. The van der Waals surface area contributed by atoms with Gasteiger partial charge >= 0.3 is 0 Å². The first-order chi connectivity index (χ1) is 8.40. The number of aromatic nitrogens is 2. The average Bonchev–Trinajstić information content (AvgIpc) is 2.24. The second-order valence-electron chi connectivity index (χ2n) is 4.77. The number of rotatable bonds is 0. The van der Waals surface area contributed by atoms with Crippen molar-refractivity contribution in [2.45, 2.75) is 41.5 Å². The summed E-state index contributed by atoms with van der Waals surface area (Å²) in [6.45, 7) is 12.3. The van der Waals surface area contributed by atoms with Crippen molar-refractivity contribution in [3.8, 4) is 0 Å². The fraction of sp³-hybridized carbons (Fsp3) is 0.375. The van der Waals surface area contributed by atoms with Crippen LogP contribution < -0.4 is 0 Å². The molecule has 0 aliphatic rings. The Morgan fingerprint density at radius 3 is 1.78 bits per heavy atom. The Morgan fingerprint density at radius 1 is 0.833 bits per heavy atom. The molecule has 0 radical (unpaired) electrons. The highest BCUT2D eigenvalue weighted by Gasteiger charge is 1.93. The summed E-state index contributed by atoms with van der Waals surface area (Å²) in [5, 5.41) is 0. The molecule has 96 valence electrons. The van der Waals surface area contributed by atoms with E-state index in [4.69, 9.17) is 0 Å². The average molecular weight is 242 g/mol. The Kier molecular flexibility index (Phi) is 5.02. The summed E-state index contributed by atoms with van der Waals surface area (Å²) in [6.07, 6.45) is 1.84. The van der Waals surface area contributed by atoms with Crippen molar-refractivity contribution in [1.82, 2.24) is 9.97 Å². The van der Waals surface area contributed by atoms with Crippen LogP contribution in [-0.4, -0.2) is 9.97 Å². The molecule has 0 saturated carbocycles. The van der Waals surface area contributed by atoms with Crippen molar-refractivity contribution >= 4 is 0 Å². The number of pyridine rings is 2. The van der Waals surface area contributed by atoms with Crippen molar-refractivity contribution in [1.29, 1.82) is 0 Å². The maximum Gasteiger partial charge on any atom is 0.0404 e. The maximum absolute atomic E-state index is 4.23. The minimum absolute atomic E-state index is 1.10. The van der Waals surface area contributed by atoms with Gasteiger partial charge in [-0.05, 0) is 76.4 Å². The third-order valence-corrected chi connectivity index (χ3v) is 2.95. The molecule has 0 fully saturated rings. The van der Waals surface area contributed by atoms with Crippen LogP contribution in [0.3, 0.4) is 0 Å². The lowest BCUT2D eigenvalue weighted by Crippen LogP contribution is -1.87. The third kappa shape index (κ3) is 4.28. The molecule has 0 saturated heterocycles. The quantitative estimate of drug-likeness (QED) is 0.697. The molecule has 18 heavy (non-hydrogen) atoms. The first kappa shape index (κ1) is 14.4. The molecule has 2 heteroatoms. The molecule has 2 aromatic rings. The van der Waals surface area contributed by atoms with Crippen molar-refractivity contribution in [3.63, 3.8) is 0 Å². The van der Waals surface area contributed by atoms with Crippen LogP contribution in [-0.2, 0) is 0 Å². The zero-order valence-corrected chi connectivity index (χ0v) is 12.2. The minimum Gasteiger partial charge on any atom is -0.261 e. The number of hydrogen-bond acceptors (Lipinski definition) is 2. The van der Waals surface area contributed by atoms with E-state index in [0.717, 1.165) is 17.1 Å². The van der Waals surface area contributed by atoms with E-state index in [9.17, 15) is 0 Å². The van der Waals surface area contributed by atoms with E-state index in [2.05, 4.69) is 42.9 Å². The van der Waals surface area contributed by atoms with Gasteiger partial charge in [0.15, 0.2) is 0 Å². The highest BCUT2D eigenvalue weighted by molar-refractivity contribution is 5.25. The van der Waals surface area contributed by atoms with Gasteiger partial charge in [-0.25, -0.2) is 0 Å². The Morgan fingerprint density at radius 2 is 1.39 bits per heavy atom. The Labute approximate surface area is 110 Å². The van der Waals surface area contributed by atoms with E-state index in [1.54, 1.807) is 0 Å². The predicted octanol–water partition coefficient (Wildman–Crippen LogP) is 4.01. The molecule has 2 heterocycles. The topological polar surface area (TPSA) is 25.8 Å². The van der Waals surface area contributed by atoms with E-state index < -0.39 is 0 Å². The minimum atomic E-state index is 1.10. The first-order valence-corrected chi connectivity index (χ1v) is 6.21. The van der Waals surface area contributed by atoms with Crippen LogP contribution in [0.25, 0.3) is 0 Å². The Bertz CT molecular complexity index is 460. The molecule has 0 N–H and O–H groups in total. The first-order valence-electron chi connectivity index (χ1n) is 6.21. The molecule has 0 amide bonds. The molecular weight excluding hydrogens is 220 g/mol. The SMILES string of the molecule is Cc1cc(C)nc(C)c1.Cc1ccnc(C)c1C. The van der Waals surface area contributed by atoms with Crippen LogP contribution in [0, 0.1) is 41.5 Å². The van der Waals surface area contributed by atoms with Gasteiger partial charge in [-0.1, -0.05) is 0 Å². The number of nitrogens with zero attached hydrogens (tertiary/aromatic N) is 2. The third-order valence-electron chi connectivity index (χ3n) is 2.95. The Balaban J connectivity index is 0.000000180. The van der Waals surface area contributed by atoms with Gasteiger partial charge in [-0.2, -0.15) is 0 Å². The van der Waals surface area contributed by atoms with Crippen LogP contribution in [0.1, 0.15) is 33.8 Å². The lowest BCUT2D eigenvalue weighted by molar-refractivity contribution is 1.10. The lowest BCUT2D eigenvalue weighted by atomic mass is 10.1. The van der Waals surface area contributed by atoms with Crippen LogP contribution in [0.15, 0.2) is 24.4 Å². The van der Waals surface area contributed by atoms with Gasteiger partial charge in [0.2, 0.25) is 0 Å². The fourth-order valence-electron chi connectivity index (χ4n) is 1.81. The van der Waals surface area contributed by atoms with Gasteiger partial charge in [-0.15, -0.1) is 0 Å². The maximum atomic E-state index is 4.23. The van der Waals surface area contributed by atoms with Crippen molar-refractivity contribution < 1.29 is 0 Å². The Hall–Kier alpha value is -1.70. The summed E-state index contributed by atoms with van der Waals surface area (Å²) in [6, 6.07) is 6.18. The second kappa shape index (κ2) is 6.29. The molecule has 0 bridgehead atoms. The molecule has 0 aliphatic heterocycles. The lowest BCUT2D eigenvalue weighted by Gasteiger charge is -1.99. The van der Waals surface area contributed by atoms with E-state index in [1.807, 2.05) is 33.0 Å². The summed E-state index contributed by atoms with van der Waals surface area (Å²) in [5.74, 6) is 0. The predicted molar refractivity (Wildman–Crippen MR) is 76.9 cm³/mol. The van der Waals surface area contributed by atoms with Gasteiger partial charge in [0, 0.05) is 23.3 Å². The molecule has 0 unspecified atom stereocenters. The van der Waals surface area contributed by atoms with Crippen molar-refractivity contribution in [3.05, 3.63) is 58.2 Å². The molecule has 2 nitrogen and oxygen atoms in total. The summed E-state index contributed by atoms with van der Waals surface area (Å²) in [4.78, 5) is 8.37. The summed E-state index contributed by atoms with van der Waals surface area (Å²) in [7, 11) is 0. The molecule has 2 rings (SSSR count). The van der Waals surface area contributed by atoms with Crippen LogP contribution in [0.5, 0.6) is 0 Å². The molecule has 0 aromatic carbocycles. The number of aryl methyl sites for hydroxylation is 5. The highest BCUT2D eigenvalue weighted by atomic mass is 14.7. The van der Waals surface area contributed by atoms with Gasteiger partial charge in [0.25, 0.3) is 0 Å². The summed E-state index contributed by atoms with van der Waals surface area (Å²) >= 11 is 0. The van der Waals surface area contributed by atoms with E-state index in [-0.39, 0.29) is 0 Å². The molecule has 0 aliphatic carbocycles. The number of hydrogen-bond donors (Lipinski definition) is 0. The van der Waals surface area contributed by atoms with Gasteiger partial charge < -0.3 is 0 Å². The van der Waals surface area contributed by atoms with Crippen LogP contribution in [0.4, 0.5) is 0 Å². The zero-order valence-electron chi connectivity index (χ0n) is 12.2. The van der Waals surface area contributed by atoms with E-state index >= 15 is 0 Å². The highest BCUT2D eigenvalue weighted by Crippen LogP contribution is 2.06. The fourth-order valence-corrected chi connectivity index (χ4v) is 1.81. The standard InChI is InChI=1S/2C8H11N/c1-6-4-7(2)9-8(3)5-6;1-6-4-5-9-8(3)7(6)2/h2*4-5H,1-3H3. The summed E-state index contributed by atoms with van der Waals surface area (Å²) < 4.78 is 0.